The summed E-state index contributed by atoms with van der Waals surface area (Å²) in [5, 5.41) is 68.8. The highest BCUT2D eigenvalue weighted by molar-refractivity contribution is 6.17. The standard InChI is InChI=1S/C52H87ClFN5O12/c1-15-41-52(10,65)45(61)33(6)58(12)27-29(2)23-50(8,64)47(31(4)42(32(5)48(63)70-41)40-24-51(9,67-14)46(62)34(7)69-40)71-49-43(60)38(22-30(3)68-49)57(11)21-20-37-28-59(56-55-37)39(26-54)44(66-13)36-18-16-35(25-53)17-19-36/h16-19,28-34,38-47,49,60-62,64-65H,15,20-27H2,1-14H3/t29-,30-,31+,32-,33-,34+,38+,39-,40-,41-,42?,43-,44-,45-,46+,47-,49+,50-,51-,52-/m1/s1. The molecule has 20 atom stereocenters. The largest absolute Gasteiger partial charge is 0.459 e. The molecule has 71 heavy (non-hydrogen) atoms. The average molecular weight is 1030 g/mol. The van der Waals surface area contributed by atoms with E-state index in [1.807, 2.05) is 68.9 Å². The lowest BCUT2D eigenvalue weighted by Crippen LogP contribution is -2.62. The van der Waals surface area contributed by atoms with Gasteiger partial charge in [-0.1, -0.05) is 57.2 Å². The highest BCUT2D eigenvalue weighted by Crippen LogP contribution is 2.45. The number of cyclic esters (lactones) is 1. The minimum Gasteiger partial charge on any atom is -0.459 e. The molecule has 406 valence electrons. The van der Waals surface area contributed by atoms with E-state index in [0.717, 1.165) is 11.1 Å². The summed E-state index contributed by atoms with van der Waals surface area (Å²) in [6.45, 7) is 17.9. The Kier molecular flexibility index (Phi) is 20.9. The number of hydrogen-bond donors (Lipinski definition) is 5. The van der Waals surface area contributed by atoms with E-state index < -0.39 is 120 Å². The van der Waals surface area contributed by atoms with Gasteiger partial charge in [-0.05, 0) is 97.9 Å². The quantitative estimate of drug-likeness (QED) is 0.117. The third-order valence-electron chi connectivity index (χ3n) is 16.3. The number of hydrogen-bond acceptors (Lipinski definition) is 16. The van der Waals surface area contributed by atoms with Gasteiger partial charge in [-0.2, -0.15) is 0 Å². The molecule has 0 amide bonds. The third-order valence-corrected chi connectivity index (χ3v) is 16.6. The SMILES string of the molecule is CC[C@H]1OC(=O)[C@H](C)C([C@H]2C[C@@](C)(OC)[C@@H](O)[C@H](C)O2)[C@H](C)[C@@H](O[C@@H]2O[C@H](C)C[C@H](N(C)CCc3cn([C@H](CF)[C@H](OC)c4ccc(CCl)cc4)nn3)[C@H]2O)[C@](C)(O)C[C@@H](C)CN(C)[C@H](C)[C@@H](O)[C@]1(C)O. The number of halogens is 2. The van der Waals surface area contributed by atoms with E-state index in [-0.39, 0.29) is 31.3 Å². The lowest BCUT2D eigenvalue weighted by atomic mass is 9.68. The van der Waals surface area contributed by atoms with E-state index in [4.69, 9.17) is 40.0 Å². The molecule has 0 spiro atoms. The van der Waals surface area contributed by atoms with E-state index in [9.17, 15) is 34.7 Å². The number of likely N-dealkylation sites (N-methyl/N-ethyl adjacent to an activating group) is 2. The zero-order valence-electron chi connectivity index (χ0n) is 44.7. The van der Waals surface area contributed by atoms with Crippen molar-refractivity contribution in [2.75, 3.05) is 48.1 Å². The van der Waals surface area contributed by atoms with E-state index in [2.05, 4.69) is 10.3 Å². The van der Waals surface area contributed by atoms with E-state index >= 15 is 0 Å². The number of methoxy groups -OCH3 is 2. The fourth-order valence-corrected chi connectivity index (χ4v) is 12.0. The van der Waals surface area contributed by atoms with Gasteiger partial charge in [0.25, 0.3) is 0 Å². The van der Waals surface area contributed by atoms with Crippen LogP contribution in [0.3, 0.4) is 0 Å². The summed E-state index contributed by atoms with van der Waals surface area (Å²) in [6, 6.07) is 5.70. The number of alkyl halides is 2. The van der Waals surface area contributed by atoms with Crippen LogP contribution in [0.2, 0.25) is 0 Å². The smallest absolute Gasteiger partial charge is 0.309 e. The summed E-state index contributed by atoms with van der Waals surface area (Å²) in [4.78, 5) is 18.6. The molecule has 4 heterocycles. The Morgan fingerprint density at radius 3 is 2.25 bits per heavy atom. The van der Waals surface area contributed by atoms with Gasteiger partial charge < -0.3 is 63.8 Å². The Morgan fingerprint density at radius 1 is 1.00 bits per heavy atom. The maximum Gasteiger partial charge on any atom is 0.309 e. The van der Waals surface area contributed by atoms with E-state index in [1.165, 1.54) is 25.8 Å². The number of aromatic nitrogens is 3. The fourth-order valence-electron chi connectivity index (χ4n) is 11.9. The van der Waals surface area contributed by atoms with Crippen molar-refractivity contribution in [3.63, 3.8) is 0 Å². The van der Waals surface area contributed by atoms with Crippen molar-refractivity contribution in [3.05, 3.63) is 47.3 Å². The number of aliphatic hydroxyl groups is 5. The Bertz CT molecular complexity index is 1970. The fraction of sp³-hybridized carbons (Fsp3) is 0.827. The normalized spacial score (nSPS) is 40.4. The molecule has 0 aliphatic carbocycles. The second kappa shape index (κ2) is 24.9. The summed E-state index contributed by atoms with van der Waals surface area (Å²) in [5.41, 5.74) is -2.17. The Balaban J connectivity index is 1.46. The van der Waals surface area contributed by atoms with Crippen LogP contribution >= 0.6 is 11.6 Å². The number of esters is 1. The molecule has 3 fully saturated rings. The predicted molar refractivity (Wildman–Crippen MR) is 266 cm³/mol. The van der Waals surface area contributed by atoms with Gasteiger partial charge in [-0.15, -0.1) is 16.7 Å². The highest BCUT2D eigenvalue weighted by Gasteiger charge is 2.55. The first kappa shape index (κ1) is 59.4. The zero-order valence-corrected chi connectivity index (χ0v) is 45.4. The first-order chi connectivity index (χ1) is 33.3. The molecule has 3 aliphatic heterocycles. The maximum atomic E-state index is 14.7. The molecule has 3 saturated heterocycles. The van der Waals surface area contributed by atoms with Crippen molar-refractivity contribution in [2.45, 2.75) is 203 Å². The van der Waals surface area contributed by atoms with Crippen molar-refractivity contribution >= 4 is 17.6 Å². The van der Waals surface area contributed by atoms with Gasteiger partial charge in [0.2, 0.25) is 0 Å². The molecule has 1 aromatic heterocycles. The number of rotatable bonds is 15. The van der Waals surface area contributed by atoms with Crippen LogP contribution in [-0.2, 0) is 45.5 Å². The van der Waals surface area contributed by atoms with Crippen LogP contribution in [0.4, 0.5) is 4.39 Å². The van der Waals surface area contributed by atoms with Crippen molar-refractivity contribution in [1.29, 1.82) is 0 Å². The molecule has 1 aromatic carbocycles. The third kappa shape index (κ3) is 13.5. The minimum absolute atomic E-state index is 0.174. The summed E-state index contributed by atoms with van der Waals surface area (Å²) in [7, 11) is 6.79. The molecular weight excluding hydrogens is 941 g/mol. The van der Waals surface area contributed by atoms with Gasteiger partial charge in [0.15, 0.2) is 6.29 Å². The highest BCUT2D eigenvalue weighted by atomic mass is 35.5. The molecule has 1 unspecified atom stereocenters. The molecule has 2 aromatic rings. The topological polar surface area (TPSA) is 211 Å². The van der Waals surface area contributed by atoms with Gasteiger partial charge in [-0.25, -0.2) is 9.07 Å². The Hall–Kier alpha value is -2.43. The Labute approximate surface area is 426 Å². The number of ether oxygens (including phenoxy) is 6. The molecule has 3 aliphatic rings. The summed E-state index contributed by atoms with van der Waals surface area (Å²) >= 11 is 5.99. The molecule has 17 nitrogen and oxygen atoms in total. The second-order valence-corrected chi connectivity index (χ2v) is 22.2. The van der Waals surface area contributed by atoms with Crippen molar-refractivity contribution in [2.24, 2.45) is 23.7 Å². The zero-order chi connectivity index (χ0) is 52.9. The summed E-state index contributed by atoms with van der Waals surface area (Å²) in [5.74, 6) is -2.88. The lowest BCUT2D eigenvalue weighted by Gasteiger charge is -2.51. The van der Waals surface area contributed by atoms with Crippen molar-refractivity contribution < 1.29 is 63.1 Å². The van der Waals surface area contributed by atoms with Crippen LogP contribution in [-0.4, -0.2) is 188 Å². The van der Waals surface area contributed by atoms with Crippen molar-refractivity contribution in [3.8, 4) is 0 Å². The molecule has 5 N–H and O–H groups in total. The number of nitrogens with zero attached hydrogens (tertiary/aromatic N) is 5. The molecule has 0 radical (unpaired) electrons. The van der Waals surface area contributed by atoms with E-state index in [0.29, 0.717) is 37.5 Å². The van der Waals surface area contributed by atoms with Gasteiger partial charge in [0.05, 0.1) is 47.2 Å². The maximum absolute atomic E-state index is 14.7. The van der Waals surface area contributed by atoms with Crippen LogP contribution in [0, 0.1) is 23.7 Å². The first-order valence-corrected chi connectivity index (χ1v) is 26.1. The molecular formula is C52H87ClFN5O12. The average Bonchev–Trinajstić information content (AvgIpc) is 3.80. The van der Waals surface area contributed by atoms with Gasteiger partial charge in [-0.3, -0.25) is 4.79 Å². The van der Waals surface area contributed by atoms with Crippen molar-refractivity contribution in [1.82, 2.24) is 24.8 Å². The summed E-state index contributed by atoms with van der Waals surface area (Å²) < 4.78 is 54.1. The molecule has 19 heteroatoms. The summed E-state index contributed by atoms with van der Waals surface area (Å²) in [6.07, 6.45) is -6.17. The van der Waals surface area contributed by atoms with Gasteiger partial charge >= 0.3 is 5.97 Å². The van der Waals surface area contributed by atoms with Crippen LogP contribution in [0.5, 0.6) is 0 Å². The second-order valence-electron chi connectivity index (χ2n) is 22.0. The minimum atomic E-state index is -1.83. The Morgan fingerprint density at radius 2 is 1.66 bits per heavy atom. The lowest BCUT2D eigenvalue weighted by molar-refractivity contribution is -0.302. The monoisotopic (exact) mass is 1030 g/mol. The van der Waals surface area contributed by atoms with Crippen LogP contribution < -0.4 is 0 Å². The first-order valence-electron chi connectivity index (χ1n) is 25.5. The van der Waals surface area contributed by atoms with E-state index in [1.54, 1.807) is 47.7 Å². The molecule has 0 bridgehead atoms. The molecule has 0 saturated carbocycles. The number of benzene rings is 1. The predicted octanol–water partition coefficient (Wildman–Crippen LogP) is 5.02. The van der Waals surface area contributed by atoms with Gasteiger partial charge in [0.1, 0.15) is 48.8 Å². The van der Waals surface area contributed by atoms with Crippen LogP contribution in [0.15, 0.2) is 30.5 Å². The van der Waals surface area contributed by atoms with Gasteiger partial charge in [0, 0.05) is 70.2 Å². The van der Waals surface area contributed by atoms with Crippen LogP contribution in [0.1, 0.15) is 124 Å². The number of carbonyl (C=O) groups is 1. The number of carbonyl (C=O) groups excluding carboxylic acids is 1. The van der Waals surface area contributed by atoms with Crippen LogP contribution in [0.25, 0.3) is 0 Å². The molecule has 5 rings (SSSR count). The number of aliphatic hydroxyl groups excluding tert-OH is 3.